The van der Waals surface area contributed by atoms with Gasteiger partial charge in [0.2, 0.25) is 15.2 Å². The molecule has 1 heterocycles. The zero-order valence-electron chi connectivity index (χ0n) is 14.9. The molecule has 1 aromatic heterocycles. The van der Waals surface area contributed by atoms with Gasteiger partial charge in [-0.2, -0.15) is 0 Å². The van der Waals surface area contributed by atoms with E-state index in [1.165, 1.54) is 41.9 Å². The fourth-order valence-corrected chi connectivity index (χ4v) is 4.33. The molecule has 142 valence electrons. The zero-order valence-corrected chi connectivity index (χ0v) is 16.5. The van der Waals surface area contributed by atoms with E-state index in [2.05, 4.69) is 15.5 Å². The first-order valence-electron chi connectivity index (χ1n) is 8.17. The summed E-state index contributed by atoms with van der Waals surface area (Å²) in [6.45, 7) is 0.314. The van der Waals surface area contributed by atoms with Crippen LogP contribution in [0.4, 0.5) is 9.52 Å². The van der Waals surface area contributed by atoms with E-state index >= 15 is 0 Å². The monoisotopic (exact) mass is 406 g/mol. The second kappa shape index (κ2) is 8.12. The van der Waals surface area contributed by atoms with Crippen LogP contribution in [0.2, 0.25) is 0 Å². The van der Waals surface area contributed by atoms with Crippen LogP contribution in [0.1, 0.15) is 16.1 Å². The molecule has 0 unspecified atom stereocenters. The number of benzene rings is 2. The smallest absolute Gasteiger partial charge is 0.242 e. The molecule has 9 heteroatoms. The fraction of sp³-hybridized carbons (Fsp3) is 0.222. The Kier molecular flexibility index (Phi) is 5.83. The summed E-state index contributed by atoms with van der Waals surface area (Å²) in [6.07, 6.45) is 0.561. The third-order valence-electron chi connectivity index (χ3n) is 3.90. The van der Waals surface area contributed by atoms with Crippen molar-refractivity contribution in [3.05, 3.63) is 70.5 Å². The third-order valence-corrected chi connectivity index (χ3v) is 6.69. The van der Waals surface area contributed by atoms with Gasteiger partial charge < -0.3 is 5.32 Å². The Labute approximate surface area is 161 Å². The van der Waals surface area contributed by atoms with Crippen molar-refractivity contribution in [2.24, 2.45) is 0 Å². The van der Waals surface area contributed by atoms with Crippen molar-refractivity contribution >= 4 is 26.5 Å². The van der Waals surface area contributed by atoms with Crippen LogP contribution in [-0.2, 0) is 23.0 Å². The highest BCUT2D eigenvalue weighted by molar-refractivity contribution is 7.89. The Morgan fingerprint density at radius 3 is 2.48 bits per heavy atom. The molecular formula is C18H19FN4O2S2. The normalized spacial score (nSPS) is 11.7. The fourth-order valence-electron chi connectivity index (χ4n) is 2.44. The molecule has 0 atom stereocenters. The number of halogens is 1. The highest BCUT2D eigenvalue weighted by Gasteiger charge is 2.20. The zero-order chi connectivity index (χ0) is 19.4. The van der Waals surface area contributed by atoms with Crippen molar-refractivity contribution in [1.29, 1.82) is 0 Å². The van der Waals surface area contributed by atoms with Crippen molar-refractivity contribution in [1.82, 2.24) is 14.5 Å². The van der Waals surface area contributed by atoms with Gasteiger partial charge in [0.15, 0.2) is 0 Å². The lowest BCUT2D eigenvalue weighted by atomic mass is 10.2. The van der Waals surface area contributed by atoms with E-state index in [0.717, 1.165) is 10.6 Å². The maximum atomic E-state index is 13.0. The Bertz CT molecular complexity index is 1020. The standard InChI is InChI=1S/C18H19FN4O2S2/c1-23(2)27(24,25)16-6-4-3-5-14(16)12-20-18-22-21-17(26-18)11-13-7-9-15(19)10-8-13/h3-10H,11-12H2,1-2H3,(H,20,22). The van der Waals surface area contributed by atoms with Gasteiger partial charge >= 0.3 is 0 Å². The molecule has 0 saturated carbocycles. The second-order valence-electron chi connectivity index (χ2n) is 6.05. The SMILES string of the molecule is CN(C)S(=O)(=O)c1ccccc1CNc1nnc(Cc2ccc(F)cc2)s1. The summed E-state index contributed by atoms with van der Waals surface area (Å²) in [5.74, 6) is -0.273. The molecule has 0 saturated heterocycles. The highest BCUT2D eigenvalue weighted by Crippen LogP contribution is 2.22. The average molecular weight is 407 g/mol. The van der Waals surface area contributed by atoms with Gasteiger partial charge in [-0.05, 0) is 29.3 Å². The second-order valence-corrected chi connectivity index (χ2v) is 9.24. The Hall–Kier alpha value is -2.36. The third kappa shape index (κ3) is 4.68. The summed E-state index contributed by atoms with van der Waals surface area (Å²) in [7, 11) is -0.509. The van der Waals surface area contributed by atoms with Crippen molar-refractivity contribution in [2.75, 3.05) is 19.4 Å². The van der Waals surface area contributed by atoms with Crippen molar-refractivity contribution < 1.29 is 12.8 Å². The molecule has 1 N–H and O–H groups in total. The van der Waals surface area contributed by atoms with E-state index in [0.29, 0.717) is 23.7 Å². The van der Waals surface area contributed by atoms with Crippen LogP contribution in [0.3, 0.4) is 0 Å². The molecule has 0 amide bonds. The number of hydrogen-bond acceptors (Lipinski definition) is 6. The highest BCUT2D eigenvalue weighted by atomic mass is 32.2. The first-order chi connectivity index (χ1) is 12.9. The van der Waals surface area contributed by atoms with Gasteiger partial charge in [0.1, 0.15) is 10.8 Å². The minimum absolute atomic E-state index is 0.263. The topological polar surface area (TPSA) is 75.2 Å². The summed E-state index contributed by atoms with van der Waals surface area (Å²) in [5, 5.41) is 12.7. The first-order valence-corrected chi connectivity index (χ1v) is 10.4. The number of sulfonamides is 1. The molecule has 0 fully saturated rings. The number of aromatic nitrogens is 2. The van der Waals surface area contributed by atoms with Crippen molar-refractivity contribution in [2.45, 2.75) is 17.9 Å². The average Bonchev–Trinajstić information content (AvgIpc) is 3.09. The largest absolute Gasteiger partial charge is 0.356 e. The molecule has 0 radical (unpaired) electrons. The van der Waals surface area contributed by atoms with Crippen molar-refractivity contribution in [3.63, 3.8) is 0 Å². The Morgan fingerprint density at radius 2 is 1.78 bits per heavy atom. The molecular weight excluding hydrogens is 387 g/mol. The van der Waals surface area contributed by atoms with Crippen LogP contribution >= 0.6 is 11.3 Å². The van der Waals surface area contributed by atoms with Crippen molar-refractivity contribution in [3.8, 4) is 0 Å². The first kappa shape index (κ1) is 19.4. The summed E-state index contributed by atoms with van der Waals surface area (Å²) < 4.78 is 39.1. The van der Waals surface area contributed by atoms with E-state index < -0.39 is 10.0 Å². The lowest BCUT2D eigenvalue weighted by Gasteiger charge is -2.15. The molecule has 0 aliphatic carbocycles. The van der Waals surface area contributed by atoms with E-state index in [1.54, 1.807) is 36.4 Å². The molecule has 3 rings (SSSR count). The number of nitrogens with one attached hydrogen (secondary N) is 1. The van der Waals surface area contributed by atoms with Gasteiger partial charge in [-0.15, -0.1) is 10.2 Å². The molecule has 0 aliphatic heterocycles. The lowest BCUT2D eigenvalue weighted by Crippen LogP contribution is -2.23. The van der Waals surface area contributed by atoms with Crippen LogP contribution in [-0.4, -0.2) is 37.0 Å². The summed E-state index contributed by atoms with van der Waals surface area (Å²) in [4.78, 5) is 0.263. The minimum atomic E-state index is -3.52. The van der Waals surface area contributed by atoms with Crippen LogP contribution < -0.4 is 5.32 Å². The molecule has 0 aliphatic rings. The Morgan fingerprint density at radius 1 is 1.07 bits per heavy atom. The lowest BCUT2D eigenvalue weighted by molar-refractivity contribution is 0.520. The van der Waals surface area contributed by atoms with Gasteiger partial charge in [0.25, 0.3) is 0 Å². The molecule has 27 heavy (non-hydrogen) atoms. The minimum Gasteiger partial charge on any atom is -0.356 e. The number of rotatable bonds is 7. The predicted molar refractivity (Wildman–Crippen MR) is 104 cm³/mol. The van der Waals surface area contributed by atoms with Gasteiger partial charge in [0, 0.05) is 27.1 Å². The van der Waals surface area contributed by atoms with Gasteiger partial charge in [0.05, 0.1) is 4.90 Å². The summed E-state index contributed by atoms with van der Waals surface area (Å²) in [5.41, 5.74) is 1.60. The van der Waals surface area contributed by atoms with E-state index in [1.807, 2.05) is 0 Å². The quantitative estimate of drug-likeness (QED) is 0.652. The van der Waals surface area contributed by atoms with Crippen LogP contribution in [0.15, 0.2) is 53.4 Å². The Balaban J connectivity index is 1.70. The maximum Gasteiger partial charge on any atom is 0.242 e. The maximum absolute atomic E-state index is 13.0. The van der Waals surface area contributed by atoms with E-state index in [4.69, 9.17) is 0 Å². The number of hydrogen-bond donors (Lipinski definition) is 1. The van der Waals surface area contributed by atoms with E-state index in [-0.39, 0.29) is 10.7 Å². The van der Waals surface area contributed by atoms with Gasteiger partial charge in [-0.1, -0.05) is 41.7 Å². The summed E-state index contributed by atoms with van der Waals surface area (Å²) >= 11 is 1.38. The van der Waals surface area contributed by atoms with Gasteiger partial charge in [-0.3, -0.25) is 0 Å². The molecule has 0 spiro atoms. The summed E-state index contributed by atoms with van der Waals surface area (Å²) in [6, 6.07) is 13.1. The van der Waals surface area contributed by atoms with Gasteiger partial charge in [-0.25, -0.2) is 17.1 Å². The molecule has 0 bridgehead atoms. The predicted octanol–water partition coefficient (Wildman–Crippen LogP) is 3.13. The van der Waals surface area contributed by atoms with Crippen LogP contribution in [0, 0.1) is 5.82 Å². The number of anilines is 1. The molecule has 3 aromatic rings. The number of nitrogens with zero attached hydrogens (tertiary/aromatic N) is 3. The van der Waals surface area contributed by atoms with Crippen LogP contribution in [0.5, 0.6) is 0 Å². The molecule has 2 aromatic carbocycles. The van der Waals surface area contributed by atoms with E-state index in [9.17, 15) is 12.8 Å². The molecule has 6 nitrogen and oxygen atoms in total. The van der Waals surface area contributed by atoms with Crippen LogP contribution in [0.25, 0.3) is 0 Å².